The van der Waals surface area contributed by atoms with Crippen molar-refractivity contribution in [3.8, 4) is 11.3 Å². The van der Waals surface area contributed by atoms with Crippen LogP contribution in [0.3, 0.4) is 0 Å². The number of nitrogens with zero attached hydrogens (tertiary/aromatic N) is 1. The molecular weight excluding hydrogens is 458 g/mol. The zero-order valence-corrected chi connectivity index (χ0v) is 20.7. The molecule has 0 aliphatic carbocycles. The zero-order valence-electron chi connectivity index (χ0n) is 20.7. The number of carbonyl (C=O) groups is 2. The molecule has 0 atom stereocenters. The van der Waals surface area contributed by atoms with Gasteiger partial charge >= 0.3 is 0 Å². The Morgan fingerprint density at radius 2 is 1.56 bits per heavy atom. The van der Waals surface area contributed by atoms with Crippen LogP contribution in [0.4, 0.5) is 5.69 Å². The largest absolute Gasteiger partial charge is 0.352 e. The van der Waals surface area contributed by atoms with Gasteiger partial charge in [0.25, 0.3) is 17.0 Å². The van der Waals surface area contributed by atoms with Crippen molar-refractivity contribution in [3.05, 3.63) is 86.6 Å². The molecule has 0 fully saturated rings. The summed E-state index contributed by atoms with van der Waals surface area (Å²) in [7, 11) is 1.76. The van der Waals surface area contributed by atoms with Gasteiger partial charge in [-0.15, -0.1) is 0 Å². The number of carbonyl (C=O) groups excluding carboxylic acids is 2. The van der Waals surface area contributed by atoms with Crippen LogP contribution in [0.25, 0.3) is 22.0 Å². The number of amides is 2. The molecule has 2 heterocycles. The van der Waals surface area contributed by atoms with Crippen LogP contribution in [-0.2, 0) is 17.3 Å². The van der Waals surface area contributed by atoms with E-state index >= 15 is 0 Å². The number of H-pyrrole nitrogens is 2. The van der Waals surface area contributed by atoms with Crippen molar-refractivity contribution in [1.29, 1.82) is 0 Å². The minimum absolute atomic E-state index is 0.0106. The van der Waals surface area contributed by atoms with Crippen LogP contribution in [0.5, 0.6) is 0 Å². The first-order valence-corrected chi connectivity index (χ1v) is 11.6. The molecule has 36 heavy (non-hydrogen) atoms. The molecule has 186 valence electrons. The Kier molecular flexibility index (Phi) is 6.65. The Balaban J connectivity index is 1.35. The zero-order chi connectivity index (χ0) is 26.0. The molecule has 0 saturated carbocycles. The summed E-state index contributed by atoms with van der Waals surface area (Å²) < 4.78 is 1.72. The summed E-state index contributed by atoms with van der Waals surface area (Å²) in [5, 5.41) is 10.9. The number of hydrogen-bond acceptors (Lipinski definition) is 4. The van der Waals surface area contributed by atoms with Gasteiger partial charge in [0.05, 0.1) is 16.5 Å². The smallest absolute Gasteiger partial charge is 0.272 e. The molecule has 0 bridgehead atoms. The maximum absolute atomic E-state index is 12.4. The van der Waals surface area contributed by atoms with Crippen LogP contribution < -0.4 is 21.8 Å². The number of rotatable bonds is 6. The fraction of sp³-hybridized carbons (Fsp3) is 0.259. The summed E-state index contributed by atoms with van der Waals surface area (Å²) in [6.07, 6.45) is 1.73. The Bertz CT molecular complexity index is 1540. The third kappa shape index (κ3) is 5.14. The molecule has 9 heteroatoms. The van der Waals surface area contributed by atoms with Gasteiger partial charge in [0.2, 0.25) is 5.91 Å². The highest BCUT2D eigenvalue weighted by Gasteiger charge is 2.16. The van der Waals surface area contributed by atoms with Crippen LogP contribution in [0, 0.1) is 0 Å². The number of fused-ring (bicyclic) bond motifs is 1. The monoisotopic (exact) mass is 487 g/mol. The number of aromatic nitrogens is 3. The predicted octanol–water partition coefficient (Wildman–Crippen LogP) is 3.28. The predicted molar refractivity (Wildman–Crippen MR) is 140 cm³/mol. The lowest BCUT2D eigenvalue weighted by molar-refractivity contribution is -0.116. The standard InChI is InChI=1S/C27H29N5O4/c1-27(2,3)18-9-5-17(6-10-18)24(34)28-14-13-21(33)29-19-11-7-16(8-12-19)23-22-20(15-32(23)4)25(35)30-31-26(22)36/h5-12,15H,13-14H2,1-4H3,(H,28,34)(H,29,33)(H,30,35)(H,31,36). The molecule has 4 rings (SSSR count). The molecule has 0 radical (unpaired) electrons. The van der Waals surface area contributed by atoms with E-state index in [-0.39, 0.29) is 41.3 Å². The van der Waals surface area contributed by atoms with Crippen LogP contribution in [0.1, 0.15) is 43.1 Å². The summed E-state index contributed by atoms with van der Waals surface area (Å²) in [5.41, 5.74) is 2.86. The molecule has 2 amide bonds. The normalized spacial score (nSPS) is 11.4. The van der Waals surface area contributed by atoms with E-state index in [2.05, 4.69) is 41.6 Å². The third-order valence-electron chi connectivity index (χ3n) is 6.04. The topological polar surface area (TPSA) is 129 Å². The van der Waals surface area contributed by atoms with Crippen molar-refractivity contribution in [2.24, 2.45) is 7.05 Å². The molecule has 0 unspecified atom stereocenters. The van der Waals surface area contributed by atoms with E-state index in [1.54, 1.807) is 54.2 Å². The first-order chi connectivity index (χ1) is 17.0. The quantitative estimate of drug-likeness (QED) is 0.333. The molecule has 0 spiro atoms. The highest BCUT2D eigenvalue weighted by molar-refractivity contribution is 5.96. The SMILES string of the molecule is Cn1cc2c(=O)[nH][nH]c(=O)c2c1-c1ccc(NC(=O)CCNC(=O)c2ccc(C(C)(C)C)cc2)cc1. The lowest BCUT2D eigenvalue weighted by Gasteiger charge is -2.19. The van der Waals surface area contributed by atoms with Gasteiger partial charge in [-0.2, -0.15) is 0 Å². The maximum Gasteiger partial charge on any atom is 0.272 e. The van der Waals surface area contributed by atoms with Gasteiger partial charge in [-0.1, -0.05) is 45.0 Å². The average Bonchev–Trinajstić information content (AvgIpc) is 3.19. The Morgan fingerprint density at radius 1 is 0.917 bits per heavy atom. The van der Waals surface area contributed by atoms with Gasteiger partial charge < -0.3 is 15.2 Å². The van der Waals surface area contributed by atoms with Crippen LogP contribution in [0.2, 0.25) is 0 Å². The van der Waals surface area contributed by atoms with E-state index in [4.69, 9.17) is 0 Å². The summed E-state index contributed by atoms with van der Waals surface area (Å²) in [6, 6.07) is 14.5. The lowest BCUT2D eigenvalue weighted by Crippen LogP contribution is -2.27. The minimum Gasteiger partial charge on any atom is -0.352 e. The van der Waals surface area contributed by atoms with E-state index in [1.165, 1.54) is 0 Å². The number of anilines is 1. The van der Waals surface area contributed by atoms with E-state index in [9.17, 15) is 19.2 Å². The third-order valence-corrected chi connectivity index (χ3v) is 6.04. The van der Waals surface area contributed by atoms with Gasteiger partial charge in [-0.05, 0) is 40.8 Å². The molecule has 0 aliphatic heterocycles. The fourth-order valence-electron chi connectivity index (χ4n) is 4.07. The second-order valence-electron chi connectivity index (χ2n) is 9.74. The molecule has 0 saturated heterocycles. The van der Waals surface area contributed by atoms with Crippen molar-refractivity contribution >= 4 is 28.3 Å². The van der Waals surface area contributed by atoms with Gasteiger partial charge in [0.1, 0.15) is 0 Å². The molecular formula is C27H29N5O4. The van der Waals surface area contributed by atoms with Crippen LogP contribution >= 0.6 is 0 Å². The summed E-state index contributed by atoms with van der Waals surface area (Å²) in [4.78, 5) is 49.1. The van der Waals surface area contributed by atoms with Crippen molar-refractivity contribution in [2.75, 3.05) is 11.9 Å². The van der Waals surface area contributed by atoms with Crippen LogP contribution in [-0.4, -0.2) is 33.1 Å². The van der Waals surface area contributed by atoms with Gasteiger partial charge in [0.15, 0.2) is 0 Å². The van der Waals surface area contributed by atoms with Gasteiger partial charge in [-0.3, -0.25) is 29.4 Å². The highest BCUT2D eigenvalue weighted by atomic mass is 16.2. The summed E-state index contributed by atoms with van der Waals surface area (Å²) >= 11 is 0. The number of benzene rings is 2. The maximum atomic E-state index is 12.4. The average molecular weight is 488 g/mol. The molecule has 2 aromatic carbocycles. The van der Waals surface area contributed by atoms with Crippen molar-refractivity contribution in [2.45, 2.75) is 32.6 Å². The lowest BCUT2D eigenvalue weighted by atomic mass is 9.87. The van der Waals surface area contributed by atoms with Crippen molar-refractivity contribution < 1.29 is 9.59 Å². The number of nitrogens with one attached hydrogen (secondary N) is 4. The van der Waals surface area contributed by atoms with E-state index in [0.29, 0.717) is 27.7 Å². The van der Waals surface area contributed by atoms with Gasteiger partial charge in [0, 0.05) is 37.5 Å². The fourth-order valence-corrected chi connectivity index (χ4v) is 4.07. The minimum atomic E-state index is -0.384. The number of aromatic amines is 2. The first kappa shape index (κ1) is 24.7. The Morgan fingerprint density at radius 3 is 2.19 bits per heavy atom. The molecule has 4 N–H and O–H groups in total. The second kappa shape index (κ2) is 9.69. The van der Waals surface area contributed by atoms with Crippen molar-refractivity contribution in [3.63, 3.8) is 0 Å². The summed E-state index contributed by atoms with van der Waals surface area (Å²) in [6.45, 7) is 6.54. The van der Waals surface area contributed by atoms with E-state index in [1.807, 2.05) is 12.1 Å². The van der Waals surface area contributed by atoms with E-state index in [0.717, 1.165) is 11.1 Å². The van der Waals surface area contributed by atoms with Crippen LogP contribution in [0.15, 0.2) is 64.3 Å². The van der Waals surface area contributed by atoms with Crippen molar-refractivity contribution in [1.82, 2.24) is 20.1 Å². The highest BCUT2D eigenvalue weighted by Crippen LogP contribution is 2.27. The second-order valence-corrected chi connectivity index (χ2v) is 9.74. The summed E-state index contributed by atoms with van der Waals surface area (Å²) in [5.74, 6) is -0.463. The molecule has 9 nitrogen and oxygen atoms in total. The number of hydrogen-bond donors (Lipinski definition) is 4. The number of aryl methyl sites for hydroxylation is 1. The molecule has 0 aliphatic rings. The molecule has 4 aromatic rings. The Hall–Kier alpha value is -4.40. The Labute approximate surface area is 207 Å². The molecule has 2 aromatic heterocycles. The first-order valence-electron chi connectivity index (χ1n) is 11.6. The van der Waals surface area contributed by atoms with E-state index < -0.39 is 0 Å². The van der Waals surface area contributed by atoms with Gasteiger partial charge in [-0.25, -0.2) is 0 Å².